The lowest BCUT2D eigenvalue weighted by atomic mass is 9.79. The number of ether oxygens (including phenoxy) is 1. The fraction of sp³-hybridized carbons (Fsp3) is 0.909. The number of carbonyl (C=O) groups is 1. The van der Waals surface area contributed by atoms with Crippen molar-refractivity contribution < 1.29 is 9.53 Å². The van der Waals surface area contributed by atoms with Gasteiger partial charge >= 0.3 is 0 Å². The molecule has 2 nitrogen and oxygen atoms in total. The van der Waals surface area contributed by atoms with Crippen LogP contribution in [0, 0.1) is 5.92 Å². The van der Waals surface area contributed by atoms with Crippen molar-refractivity contribution in [3.8, 4) is 0 Å². The van der Waals surface area contributed by atoms with E-state index in [4.69, 9.17) is 4.74 Å². The van der Waals surface area contributed by atoms with Gasteiger partial charge in [-0.15, -0.1) is 0 Å². The number of Topliss-reactive ketones (excluding diaryl/α,β-unsaturated/α-hetero) is 1. The fourth-order valence-electron chi connectivity index (χ4n) is 2.61. The Labute approximate surface area is 79.7 Å². The summed E-state index contributed by atoms with van der Waals surface area (Å²) in [5, 5.41) is 0. The van der Waals surface area contributed by atoms with Gasteiger partial charge in [0.25, 0.3) is 0 Å². The molecule has 74 valence electrons. The number of hydrogen-bond acceptors (Lipinski definition) is 2. The molecular formula is C11H18O2. The Morgan fingerprint density at radius 3 is 2.69 bits per heavy atom. The summed E-state index contributed by atoms with van der Waals surface area (Å²) in [6.45, 7) is 4.27. The van der Waals surface area contributed by atoms with Crippen LogP contribution in [-0.4, -0.2) is 17.5 Å². The second-order valence-electron chi connectivity index (χ2n) is 4.63. The molecule has 2 rings (SSSR count). The number of hydrogen-bond donors (Lipinski definition) is 0. The van der Waals surface area contributed by atoms with E-state index >= 15 is 0 Å². The standard InChI is InChI=1S/C11H18O2/c1-8-7-11(13-9(8)2)6-4-3-5-10(11)12/h8-9H,3-7H2,1-2H3/t8-,9+,11-/m0/s1. The van der Waals surface area contributed by atoms with Gasteiger partial charge in [-0.1, -0.05) is 6.92 Å². The molecule has 1 aliphatic heterocycles. The molecule has 0 aromatic heterocycles. The van der Waals surface area contributed by atoms with Crippen LogP contribution in [0.25, 0.3) is 0 Å². The minimum absolute atomic E-state index is 0.266. The Kier molecular flexibility index (Phi) is 2.18. The van der Waals surface area contributed by atoms with Crippen molar-refractivity contribution in [3.63, 3.8) is 0 Å². The Morgan fingerprint density at radius 1 is 1.38 bits per heavy atom. The smallest absolute Gasteiger partial charge is 0.164 e. The van der Waals surface area contributed by atoms with Gasteiger partial charge in [0.1, 0.15) is 5.60 Å². The van der Waals surface area contributed by atoms with Crippen molar-refractivity contribution >= 4 is 5.78 Å². The molecular weight excluding hydrogens is 164 g/mol. The Balaban J connectivity index is 2.16. The predicted molar refractivity (Wildman–Crippen MR) is 50.5 cm³/mol. The first-order chi connectivity index (χ1) is 6.14. The maximum absolute atomic E-state index is 11.8. The minimum atomic E-state index is -0.364. The molecule has 0 unspecified atom stereocenters. The van der Waals surface area contributed by atoms with Crippen LogP contribution in [0.1, 0.15) is 46.0 Å². The van der Waals surface area contributed by atoms with Gasteiger partial charge in [0.15, 0.2) is 5.78 Å². The lowest BCUT2D eigenvalue weighted by Gasteiger charge is -2.31. The van der Waals surface area contributed by atoms with Gasteiger partial charge in [-0.2, -0.15) is 0 Å². The third kappa shape index (κ3) is 1.41. The largest absolute Gasteiger partial charge is 0.364 e. The van der Waals surface area contributed by atoms with E-state index in [9.17, 15) is 4.79 Å². The highest BCUT2D eigenvalue weighted by Gasteiger charge is 2.48. The topological polar surface area (TPSA) is 26.3 Å². The highest BCUT2D eigenvalue weighted by molar-refractivity contribution is 5.88. The number of carbonyl (C=O) groups excluding carboxylic acids is 1. The molecule has 0 amide bonds. The molecule has 3 atom stereocenters. The van der Waals surface area contributed by atoms with Crippen LogP contribution in [0.4, 0.5) is 0 Å². The molecule has 0 radical (unpaired) electrons. The molecule has 0 aromatic rings. The molecule has 1 spiro atoms. The zero-order valence-corrected chi connectivity index (χ0v) is 8.51. The number of rotatable bonds is 0. The second kappa shape index (κ2) is 3.09. The fourth-order valence-corrected chi connectivity index (χ4v) is 2.61. The van der Waals surface area contributed by atoms with Crippen molar-refractivity contribution in [1.29, 1.82) is 0 Å². The van der Waals surface area contributed by atoms with Crippen LogP contribution in [0.2, 0.25) is 0 Å². The Hall–Kier alpha value is -0.370. The normalized spacial score (nSPS) is 45.8. The van der Waals surface area contributed by atoms with Gasteiger partial charge in [0.05, 0.1) is 6.10 Å². The molecule has 13 heavy (non-hydrogen) atoms. The lowest BCUT2D eigenvalue weighted by Crippen LogP contribution is -2.41. The monoisotopic (exact) mass is 182 g/mol. The predicted octanol–water partition coefficient (Wildman–Crippen LogP) is 2.31. The zero-order chi connectivity index (χ0) is 9.47. The van der Waals surface area contributed by atoms with E-state index in [1.165, 1.54) is 0 Å². The maximum Gasteiger partial charge on any atom is 0.164 e. The molecule has 1 saturated heterocycles. The van der Waals surface area contributed by atoms with E-state index in [2.05, 4.69) is 13.8 Å². The third-order valence-electron chi connectivity index (χ3n) is 3.61. The molecule has 2 fully saturated rings. The van der Waals surface area contributed by atoms with E-state index in [0.717, 1.165) is 32.1 Å². The summed E-state index contributed by atoms with van der Waals surface area (Å²) in [7, 11) is 0. The van der Waals surface area contributed by atoms with Crippen LogP contribution >= 0.6 is 0 Å². The summed E-state index contributed by atoms with van der Waals surface area (Å²) in [4.78, 5) is 11.8. The lowest BCUT2D eigenvalue weighted by molar-refractivity contribution is -0.146. The third-order valence-corrected chi connectivity index (χ3v) is 3.61. The number of ketones is 1. The van der Waals surface area contributed by atoms with E-state index < -0.39 is 0 Å². The average molecular weight is 182 g/mol. The van der Waals surface area contributed by atoms with Gasteiger partial charge in [0.2, 0.25) is 0 Å². The van der Waals surface area contributed by atoms with Gasteiger partial charge in [-0.05, 0) is 38.5 Å². The SMILES string of the molecule is C[C@H]1C[C@]2(CCCCC2=O)O[C@@H]1C. The van der Waals surface area contributed by atoms with Gasteiger partial charge in [0, 0.05) is 6.42 Å². The summed E-state index contributed by atoms with van der Waals surface area (Å²) in [5.41, 5.74) is -0.364. The Bertz CT molecular complexity index is 212. The van der Waals surface area contributed by atoms with E-state index in [1.807, 2.05) is 0 Å². The van der Waals surface area contributed by atoms with Crippen LogP contribution in [0.3, 0.4) is 0 Å². The van der Waals surface area contributed by atoms with Gasteiger partial charge in [-0.3, -0.25) is 4.79 Å². The first kappa shape index (κ1) is 9.20. The Morgan fingerprint density at radius 2 is 2.15 bits per heavy atom. The summed E-state index contributed by atoms with van der Waals surface area (Å²) < 4.78 is 5.86. The van der Waals surface area contributed by atoms with E-state index in [1.54, 1.807) is 0 Å². The van der Waals surface area contributed by atoms with Crippen LogP contribution < -0.4 is 0 Å². The van der Waals surface area contributed by atoms with Crippen molar-refractivity contribution in [2.75, 3.05) is 0 Å². The highest BCUT2D eigenvalue weighted by Crippen LogP contribution is 2.42. The van der Waals surface area contributed by atoms with Crippen molar-refractivity contribution in [1.82, 2.24) is 0 Å². The minimum Gasteiger partial charge on any atom is -0.364 e. The maximum atomic E-state index is 11.8. The molecule has 0 N–H and O–H groups in total. The first-order valence-electron chi connectivity index (χ1n) is 5.35. The summed E-state index contributed by atoms with van der Waals surface area (Å²) in [5.74, 6) is 0.900. The molecule has 0 aromatic carbocycles. The molecule has 0 bridgehead atoms. The van der Waals surface area contributed by atoms with Gasteiger partial charge < -0.3 is 4.74 Å². The molecule has 2 aliphatic rings. The zero-order valence-electron chi connectivity index (χ0n) is 8.51. The van der Waals surface area contributed by atoms with Crippen molar-refractivity contribution in [3.05, 3.63) is 0 Å². The summed E-state index contributed by atoms with van der Waals surface area (Å²) in [6, 6.07) is 0. The van der Waals surface area contributed by atoms with Crippen LogP contribution in [-0.2, 0) is 9.53 Å². The summed E-state index contributed by atoms with van der Waals surface area (Å²) in [6.07, 6.45) is 5.13. The van der Waals surface area contributed by atoms with E-state index in [0.29, 0.717) is 11.7 Å². The molecule has 1 heterocycles. The van der Waals surface area contributed by atoms with Gasteiger partial charge in [-0.25, -0.2) is 0 Å². The van der Waals surface area contributed by atoms with Crippen molar-refractivity contribution in [2.45, 2.75) is 57.7 Å². The quantitative estimate of drug-likeness (QED) is 0.574. The van der Waals surface area contributed by atoms with Crippen LogP contribution in [0.5, 0.6) is 0 Å². The molecule has 1 aliphatic carbocycles. The van der Waals surface area contributed by atoms with E-state index in [-0.39, 0.29) is 11.7 Å². The molecule has 2 heteroatoms. The first-order valence-corrected chi connectivity index (χ1v) is 5.35. The molecule has 1 saturated carbocycles. The average Bonchev–Trinajstić information content (AvgIpc) is 2.36. The highest BCUT2D eigenvalue weighted by atomic mass is 16.5. The van der Waals surface area contributed by atoms with Crippen molar-refractivity contribution in [2.24, 2.45) is 5.92 Å². The second-order valence-corrected chi connectivity index (χ2v) is 4.63. The van der Waals surface area contributed by atoms with Crippen LogP contribution in [0.15, 0.2) is 0 Å². The summed E-state index contributed by atoms with van der Waals surface area (Å²) >= 11 is 0.